The first-order valence-electron chi connectivity index (χ1n) is 6.12. The van der Waals surface area contributed by atoms with Crippen molar-refractivity contribution in [2.45, 2.75) is 6.92 Å². The van der Waals surface area contributed by atoms with Crippen molar-refractivity contribution in [3.8, 4) is 11.6 Å². The van der Waals surface area contributed by atoms with E-state index in [2.05, 4.69) is 4.98 Å². The van der Waals surface area contributed by atoms with E-state index in [-0.39, 0.29) is 0 Å². The fourth-order valence-electron chi connectivity index (χ4n) is 2.05. The molecule has 0 fully saturated rings. The van der Waals surface area contributed by atoms with Gasteiger partial charge in [0.25, 0.3) is 0 Å². The first-order valence-corrected chi connectivity index (χ1v) is 6.12. The summed E-state index contributed by atoms with van der Waals surface area (Å²) in [5.74, 6) is 1.21. The lowest BCUT2D eigenvalue weighted by Gasteiger charge is -2.10. The van der Waals surface area contributed by atoms with Crippen LogP contribution in [0.4, 0.5) is 5.69 Å². The summed E-state index contributed by atoms with van der Waals surface area (Å²) in [6.07, 6.45) is 1.75. The third-order valence-electron chi connectivity index (χ3n) is 2.97. The molecule has 19 heavy (non-hydrogen) atoms. The Morgan fingerprint density at radius 2 is 1.84 bits per heavy atom. The molecule has 0 spiro atoms. The number of nitrogens with two attached hydrogens (primary N) is 1. The van der Waals surface area contributed by atoms with Gasteiger partial charge in [-0.05, 0) is 30.0 Å². The van der Waals surface area contributed by atoms with Crippen LogP contribution in [0.5, 0.6) is 11.6 Å². The zero-order valence-corrected chi connectivity index (χ0v) is 10.6. The number of fused-ring (bicyclic) bond motifs is 1. The number of pyridine rings is 1. The highest BCUT2D eigenvalue weighted by Crippen LogP contribution is 2.31. The molecule has 0 aliphatic heterocycles. The lowest BCUT2D eigenvalue weighted by atomic mass is 10.1. The van der Waals surface area contributed by atoms with Crippen molar-refractivity contribution in [2.75, 3.05) is 5.73 Å². The fourth-order valence-corrected chi connectivity index (χ4v) is 2.05. The molecule has 3 rings (SSSR count). The molecule has 0 aliphatic carbocycles. The highest BCUT2D eigenvalue weighted by Gasteiger charge is 2.06. The highest BCUT2D eigenvalue weighted by molar-refractivity contribution is 5.88. The van der Waals surface area contributed by atoms with E-state index < -0.39 is 0 Å². The molecule has 0 saturated carbocycles. The van der Waals surface area contributed by atoms with Gasteiger partial charge in [0, 0.05) is 11.6 Å². The first kappa shape index (κ1) is 11.5. The molecule has 3 nitrogen and oxygen atoms in total. The number of benzene rings is 2. The summed E-state index contributed by atoms with van der Waals surface area (Å²) in [5.41, 5.74) is 7.49. The van der Waals surface area contributed by atoms with Crippen molar-refractivity contribution in [1.82, 2.24) is 4.98 Å². The van der Waals surface area contributed by atoms with Crippen molar-refractivity contribution >= 4 is 16.5 Å². The average Bonchev–Trinajstić information content (AvgIpc) is 2.42. The van der Waals surface area contributed by atoms with Crippen LogP contribution in [0.1, 0.15) is 5.56 Å². The zero-order valence-electron chi connectivity index (χ0n) is 10.6. The van der Waals surface area contributed by atoms with Crippen LogP contribution >= 0.6 is 0 Å². The predicted molar refractivity (Wildman–Crippen MR) is 77.4 cm³/mol. The van der Waals surface area contributed by atoms with Crippen LogP contribution in [0.25, 0.3) is 10.8 Å². The second kappa shape index (κ2) is 4.61. The smallest absolute Gasteiger partial charge is 0.242 e. The quantitative estimate of drug-likeness (QED) is 0.750. The third kappa shape index (κ3) is 2.22. The molecule has 1 heterocycles. The number of nitrogens with zero attached hydrogens (tertiary/aromatic N) is 1. The molecule has 0 aliphatic rings. The van der Waals surface area contributed by atoms with Crippen LogP contribution < -0.4 is 10.5 Å². The molecule has 2 N–H and O–H groups in total. The van der Waals surface area contributed by atoms with E-state index in [4.69, 9.17) is 10.5 Å². The maximum atomic E-state index is 5.93. The maximum Gasteiger partial charge on any atom is 0.242 e. The Morgan fingerprint density at radius 1 is 1.05 bits per heavy atom. The lowest BCUT2D eigenvalue weighted by Crippen LogP contribution is -1.96. The molecule has 0 radical (unpaired) electrons. The molecule has 1 aromatic heterocycles. The van der Waals surface area contributed by atoms with Crippen molar-refractivity contribution in [3.63, 3.8) is 0 Å². The Morgan fingerprint density at radius 3 is 2.68 bits per heavy atom. The van der Waals surface area contributed by atoms with Gasteiger partial charge in [0.2, 0.25) is 5.88 Å². The van der Waals surface area contributed by atoms with Crippen molar-refractivity contribution < 1.29 is 4.74 Å². The molecule has 0 saturated heterocycles. The van der Waals surface area contributed by atoms with E-state index in [1.54, 1.807) is 6.20 Å². The van der Waals surface area contributed by atoms with Crippen LogP contribution in [-0.2, 0) is 0 Å². The number of aryl methyl sites for hydroxylation is 1. The largest absolute Gasteiger partial charge is 0.436 e. The van der Waals surface area contributed by atoms with E-state index in [1.807, 2.05) is 55.5 Å². The van der Waals surface area contributed by atoms with E-state index in [0.717, 1.165) is 22.1 Å². The first-order chi connectivity index (χ1) is 9.24. The maximum absolute atomic E-state index is 5.93. The number of hydrogen-bond acceptors (Lipinski definition) is 3. The number of nitrogen functional groups attached to an aromatic ring is 1. The lowest BCUT2D eigenvalue weighted by molar-refractivity contribution is 0.470. The summed E-state index contributed by atoms with van der Waals surface area (Å²) >= 11 is 0. The van der Waals surface area contributed by atoms with Gasteiger partial charge in [-0.1, -0.05) is 36.4 Å². The SMILES string of the molecule is Cc1cnc(Oc2cccc3ccccc23)c(N)c1. The summed E-state index contributed by atoms with van der Waals surface area (Å²) in [6.45, 7) is 1.95. The molecule has 0 bridgehead atoms. The van der Waals surface area contributed by atoms with Gasteiger partial charge >= 0.3 is 0 Å². The Bertz CT molecular complexity index is 732. The topological polar surface area (TPSA) is 48.1 Å². The van der Waals surface area contributed by atoms with Gasteiger partial charge in [0.15, 0.2) is 0 Å². The Labute approximate surface area is 111 Å². The molecule has 0 unspecified atom stereocenters. The van der Waals surface area contributed by atoms with Gasteiger partial charge < -0.3 is 10.5 Å². The molecule has 3 aromatic rings. The second-order valence-corrected chi connectivity index (χ2v) is 4.49. The number of hydrogen-bond donors (Lipinski definition) is 1. The summed E-state index contributed by atoms with van der Waals surface area (Å²) in [7, 11) is 0. The van der Waals surface area contributed by atoms with Crippen LogP contribution in [0.15, 0.2) is 54.7 Å². The van der Waals surface area contributed by atoms with E-state index in [1.165, 1.54) is 0 Å². The number of rotatable bonds is 2. The van der Waals surface area contributed by atoms with Crippen LogP contribution in [0, 0.1) is 6.92 Å². The van der Waals surface area contributed by atoms with E-state index >= 15 is 0 Å². The highest BCUT2D eigenvalue weighted by atomic mass is 16.5. The van der Waals surface area contributed by atoms with Crippen LogP contribution in [-0.4, -0.2) is 4.98 Å². The van der Waals surface area contributed by atoms with E-state index in [0.29, 0.717) is 11.6 Å². The summed E-state index contributed by atoms with van der Waals surface area (Å²) in [4.78, 5) is 4.23. The monoisotopic (exact) mass is 250 g/mol. The predicted octanol–water partition coefficient (Wildman–Crippen LogP) is 3.92. The fraction of sp³-hybridized carbons (Fsp3) is 0.0625. The number of ether oxygens (including phenoxy) is 1. The van der Waals surface area contributed by atoms with Gasteiger partial charge in [-0.3, -0.25) is 0 Å². The molecule has 94 valence electrons. The van der Waals surface area contributed by atoms with Gasteiger partial charge in [-0.25, -0.2) is 4.98 Å². The molecular weight excluding hydrogens is 236 g/mol. The number of aromatic nitrogens is 1. The molecule has 0 atom stereocenters. The molecular formula is C16H14N2O. The second-order valence-electron chi connectivity index (χ2n) is 4.49. The average molecular weight is 250 g/mol. The van der Waals surface area contributed by atoms with Crippen molar-refractivity contribution in [1.29, 1.82) is 0 Å². The normalized spacial score (nSPS) is 10.6. The van der Waals surface area contributed by atoms with Crippen LogP contribution in [0.2, 0.25) is 0 Å². The van der Waals surface area contributed by atoms with Gasteiger partial charge in [0.05, 0.1) is 5.69 Å². The Hall–Kier alpha value is -2.55. The Balaban J connectivity index is 2.06. The molecule has 0 amide bonds. The van der Waals surface area contributed by atoms with Crippen molar-refractivity contribution in [2.24, 2.45) is 0 Å². The van der Waals surface area contributed by atoms with E-state index in [9.17, 15) is 0 Å². The minimum absolute atomic E-state index is 0.446. The number of anilines is 1. The summed E-state index contributed by atoms with van der Waals surface area (Å²) in [6, 6.07) is 15.8. The third-order valence-corrected chi connectivity index (χ3v) is 2.97. The Kier molecular flexibility index (Phi) is 2.80. The summed E-state index contributed by atoms with van der Waals surface area (Å²) < 4.78 is 5.84. The minimum atomic E-state index is 0.446. The molecule has 2 aromatic carbocycles. The van der Waals surface area contributed by atoms with Crippen molar-refractivity contribution in [3.05, 3.63) is 60.3 Å². The molecule has 3 heteroatoms. The van der Waals surface area contributed by atoms with Crippen LogP contribution in [0.3, 0.4) is 0 Å². The minimum Gasteiger partial charge on any atom is -0.436 e. The van der Waals surface area contributed by atoms with Gasteiger partial charge in [-0.2, -0.15) is 0 Å². The van der Waals surface area contributed by atoms with Gasteiger partial charge in [0.1, 0.15) is 5.75 Å². The zero-order chi connectivity index (χ0) is 13.2. The van der Waals surface area contributed by atoms with Gasteiger partial charge in [-0.15, -0.1) is 0 Å². The standard InChI is InChI=1S/C16H14N2O/c1-11-9-14(17)16(18-10-11)19-15-8-4-6-12-5-2-3-7-13(12)15/h2-10H,17H2,1H3. The summed E-state index contributed by atoms with van der Waals surface area (Å²) in [5, 5.41) is 2.18.